The molecule has 2 aromatic heterocycles. The second kappa shape index (κ2) is 5.08. The molecule has 2 rings (SSSR count). The van der Waals surface area contributed by atoms with E-state index in [9.17, 15) is 4.79 Å². The van der Waals surface area contributed by atoms with Crippen LogP contribution in [0, 0.1) is 6.92 Å². The number of nitrogens with zero attached hydrogens (tertiary/aromatic N) is 3. The SMILES string of the molecule is CCn1nc(C)cc1C(=O)N(C)Cc1ccco1. The fourth-order valence-corrected chi connectivity index (χ4v) is 1.86. The summed E-state index contributed by atoms with van der Waals surface area (Å²) in [6.45, 7) is 4.99. The van der Waals surface area contributed by atoms with Crippen LogP contribution in [-0.2, 0) is 13.1 Å². The standard InChI is InChI=1S/C13H17N3O2/c1-4-16-12(8-10(2)14-16)13(17)15(3)9-11-6-5-7-18-11/h5-8H,4,9H2,1-3H3. The van der Waals surface area contributed by atoms with Crippen LogP contribution in [0.2, 0.25) is 0 Å². The monoisotopic (exact) mass is 247 g/mol. The first-order valence-corrected chi connectivity index (χ1v) is 5.94. The third-order valence-corrected chi connectivity index (χ3v) is 2.74. The van der Waals surface area contributed by atoms with Crippen molar-refractivity contribution in [3.63, 3.8) is 0 Å². The van der Waals surface area contributed by atoms with E-state index in [1.165, 1.54) is 0 Å². The van der Waals surface area contributed by atoms with Gasteiger partial charge in [0.25, 0.3) is 5.91 Å². The summed E-state index contributed by atoms with van der Waals surface area (Å²) in [6, 6.07) is 5.48. The maximum absolute atomic E-state index is 12.3. The Morgan fingerprint density at radius 1 is 1.56 bits per heavy atom. The molecule has 2 heterocycles. The van der Waals surface area contributed by atoms with Crippen LogP contribution in [0.1, 0.15) is 28.9 Å². The lowest BCUT2D eigenvalue weighted by Gasteiger charge is -2.16. The molecule has 0 aliphatic rings. The molecule has 0 aliphatic carbocycles. The highest BCUT2D eigenvalue weighted by Crippen LogP contribution is 2.10. The van der Waals surface area contributed by atoms with Gasteiger partial charge in [-0.1, -0.05) is 0 Å². The highest BCUT2D eigenvalue weighted by molar-refractivity contribution is 5.92. The molecule has 5 heteroatoms. The first-order valence-electron chi connectivity index (χ1n) is 5.94. The van der Waals surface area contributed by atoms with Gasteiger partial charge in [0.1, 0.15) is 11.5 Å². The van der Waals surface area contributed by atoms with Crippen LogP contribution in [0.5, 0.6) is 0 Å². The van der Waals surface area contributed by atoms with Gasteiger partial charge in [0.05, 0.1) is 18.5 Å². The number of hydrogen-bond donors (Lipinski definition) is 0. The maximum atomic E-state index is 12.3. The molecule has 96 valence electrons. The van der Waals surface area contributed by atoms with Gasteiger partial charge in [-0.25, -0.2) is 0 Å². The largest absolute Gasteiger partial charge is 0.467 e. The van der Waals surface area contributed by atoms with E-state index in [4.69, 9.17) is 4.42 Å². The molecule has 0 unspecified atom stereocenters. The van der Waals surface area contributed by atoms with Crippen molar-refractivity contribution in [3.8, 4) is 0 Å². The van der Waals surface area contributed by atoms with Gasteiger partial charge in [-0.2, -0.15) is 5.10 Å². The number of hydrogen-bond acceptors (Lipinski definition) is 3. The highest BCUT2D eigenvalue weighted by atomic mass is 16.3. The van der Waals surface area contributed by atoms with Crippen molar-refractivity contribution in [2.75, 3.05) is 7.05 Å². The Labute approximate surface area is 106 Å². The molecule has 0 saturated carbocycles. The van der Waals surface area contributed by atoms with Crippen LogP contribution in [0.4, 0.5) is 0 Å². The second-order valence-corrected chi connectivity index (χ2v) is 4.23. The minimum Gasteiger partial charge on any atom is -0.467 e. The van der Waals surface area contributed by atoms with Crippen LogP contribution in [0.3, 0.4) is 0 Å². The van der Waals surface area contributed by atoms with Gasteiger partial charge in [-0.05, 0) is 32.0 Å². The van der Waals surface area contributed by atoms with E-state index >= 15 is 0 Å². The molecule has 0 saturated heterocycles. The van der Waals surface area contributed by atoms with Gasteiger partial charge in [0.2, 0.25) is 0 Å². The summed E-state index contributed by atoms with van der Waals surface area (Å²) in [6.07, 6.45) is 1.61. The topological polar surface area (TPSA) is 51.3 Å². The summed E-state index contributed by atoms with van der Waals surface area (Å²) >= 11 is 0. The molecule has 0 N–H and O–H groups in total. The van der Waals surface area contributed by atoms with E-state index in [0.29, 0.717) is 18.8 Å². The number of carbonyl (C=O) groups is 1. The lowest BCUT2D eigenvalue weighted by Crippen LogP contribution is -2.28. The third-order valence-electron chi connectivity index (χ3n) is 2.74. The van der Waals surface area contributed by atoms with Gasteiger partial charge >= 0.3 is 0 Å². The van der Waals surface area contributed by atoms with Crippen LogP contribution < -0.4 is 0 Å². The molecule has 0 fully saturated rings. The van der Waals surface area contributed by atoms with E-state index in [0.717, 1.165) is 11.5 Å². The summed E-state index contributed by atoms with van der Waals surface area (Å²) in [4.78, 5) is 13.9. The molecule has 0 spiro atoms. The zero-order chi connectivity index (χ0) is 13.1. The van der Waals surface area contributed by atoms with Gasteiger partial charge in [-0.15, -0.1) is 0 Å². The molecule has 18 heavy (non-hydrogen) atoms. The second-order valence-electron chi connectivity index (χ2n) is 4.23. The number of rotatable bonds is 4. The molecule has 0 aliphatic heterocycles. The smallest absolute Gasteiger partial charge is 0.272 e. The Hall–Kier alpha value is -2.04. The number of carbonyl (C=O) groups excluding carboxylic acids is 1. The lowest BCUT2D eigenvalue weighted by atomic mass is 10.3. The Balaban J connectivity index is 2.15. The van der Waals surface area contributed by atoms with Crippen molar-refractivity contribution in [3.05, 3.63) is 41.6 Å². The van der Waals surface area contributed by atoms with Crippen molar-refractivity contribution >= 4 is 5.91 Å². The van der Waals surface area contributed by atoms with E-state index in [2.05, 4.69) is 5.10 Å². The Morgan fingerprint density at radius 3 is 2.94 bits per heavy atom. The summed E-state index contributed by atoms with van der Waals surface area (Å²) in [5.41, 5.74) is 1.47. The summed E-state index contributed by atoms with van der Waals surface area (Å²) < 4.78 is 6.95. The Morgan fingerprint density at radius 2 is 2.33 bits per heavy atom. The van der Waals surface area contributed by atoms with E-state index in [-0.39, 0.29) is 5.91 Å². The van der Waals surface area contributed by atoms with Crippen molar-refractivity contribution in [1.82, 2.24) is 14.7 Å². The first kappa shape index (κ1) is 12.4. The fraction of sp³-hybridized carbons (Fsp3) is 0.385. The number of amides is 1. The molecule has 0 bridgehead atoms. The molecular formula is C13H17N3O2. The van der Waals surface area contributed by atoms with E-state index in [1.807, 2.05) is 32.0 Å². The fourth-order valence-electron chi connectivity index (χ4n) is 1.86. The van der Waals surface area contributed by atoms with Crippen molar-refractivity contribution < 1.29 is 9.21 Å². The summed E-state index contributed by atoms with van der Waals surface area (Å²) in [5.74, 6) is 0.721. The lowest BCUT2D eigenvalue weighted by molar-refractivity contribution is 0.0763. The van der Waals surface area contributed by atoms with Crippen molar-refractivity contribution in [2.24, 2.45) is 0 Å². The molecule has 2 aromatic rings. The maximum Gasteiger partial charge on any atom is 0.272 e. The van der Waals surface area contributed by atoms with Crippen LogP contribution >= 0.6 is 0 Å². The quantitative estimate of drug-likeness (QED) is 0.831. The zero-order valence-corrected chi connectivity index (χ0v) is 10.9. The summed E-state index contributed by atoms with van der Waals surface area (Å²) in [7, 11) is 1.76. The van der Waals surface area contributed by atoms with Crippen LogP contribution in [0.15, 0.2) is 28.9 Å². The molecule has 5 nitrogen and oxygen atoms in total. The van der Waals surface area contributed by atoms with Crippen molar-refractivity contribution in [2.45, 2.75) is 26.9 Å². The molecule has 0 radical (unpaired) electrons. The minimum absolute atomic E-state index is 0.0474. The van der Waals surface area contributed by atoms with Gasteiger partial charge < -0.3 is 9.32 Å². The van der Waals surface area contributed by atoms with E-state index < -0.39 is 0 Å². The molecular weight excluding hydrogens is 230 g/mol. The van der Waals surface area contributed by atoms with Crippen LogP contribution in [-0.4, -0.2) is 27.6 Å². The number of aryl methyl sites for hydroxylation is 2. The zero-order valence-electron chi connectivity index (χ0n) is 10.9. The average Bonchev–Trinajstić information content (AvgIpc) is 2.97. The Kier molecular flexibility index (Phi) is 3.50. The minimum atomic E-state index is -0.0474. The first-order chi connectivity index (χ1) is 8.61. The van der Waals surface area contributed by atoms with Crippen molar-refractivity contribution in [1.29, 1.82) is 0 Å². The van der Waals surface area contributed by atoms with Gasteiger partial charge in [-0.3, -0.25) is 9.48 Å². The predicted molar refractivity (Wildman–Crippen MR) is 67.1 cm³/mol. The summed E-state index contributed by atoms with van der Waals surface area (Å²) in [5, 5.41) is 4.28. The molecule has 0 aromatic carbocycles. The number of aromatic nitrogens is 2. The number of furan rings is 1. The third kappa shape index (κ3) is 2.45. The van der Waals surface area contributed by atoms with Gasteiger partial charge in [0.15, 0.2) is 0 Å². The predicted octanol–water partition coefficient (Wildman–Crippen LogP) is 2.08. The van der Waals surface area contributed by atoms with Gasteiger partial charge in [0, 0.05) is 13.6 Å². The normalized spacial score (nSPS) is 10.6. The van der Waals surface area contributed by atoms with E-state index in [1.54, 1.807) is 22.9 Å². The molecule has 0 atom stereocenters. The van der Waals surface area contributed by atoms with Crippen LogP contribution in [0.25, 0.3) is 0 Å². The Bertz CT molecular complexity index is 528. The average molecular weight is 247 g/mol. The highest BCUT2D eigenvalue weighted by Gasteiger charge is 2.18. The molecule has 1 amide bonds.